The Labute approximate surface area is 184 Å². The summed E-state index contributed by atoms with van der Waals surface area (Å²) in [6, 6.07) is 13.2. The van der Waals surface area contributed by atoms with Crippen molar-refractivity contribution >= 4 is 23.2 Å². The Bertz CT molecular complexity index is 1200. The number of halogens is 1. The second-order valence-corrected chi connectivity index (χ2v) is 7.44. The number of nitrogens with one attached hydrogen (secondary N) is 1. The average Bonchev–Trinajstić information content (AvgIpc) is 3.36. The lowest BCUT2D eigenvalue weighted by atomic mass is 10.2. The van der Waals surface area contributed by atoms with Gasteiger partial charge in [0, 0.05) is 11.8 Å². The van der Waals surface area contributed by atoms with Crippen LogP contribution in [0.25, 0.3) is 5.69 Å². The fourth-order valence-electron chi connectivity index (χ4n) is 2.93. The van der Waals surface area contributed by atoms with Crippen molar-refractivity contribution in [3.63, 3.8) is 0 Å². The molecule has 10 heteroatoms. The van der Waals surface area contributed by atoms with Crippen LogP contribution < -0.4 is 14.8 Å². The number of benzene rings is 2. The summed E-state index contributed by atoms with van der Waals surface area (Å²) in [4.78, 5) is 8.66. The van der Waals surface area contributed by atoms with Gasteiger partial charge in [-0.3, -0.25) is 0 Å². The highest BCUT2D eigenvalue weighted by Gasteiger charge is 2.17. The van der Waals surface area contributed by atoms with Gasteiger partial charge in [-0.05, 0) is 45.0 Å². The molecule has 1 N–H and O–H groups in total. The van der Waals surface area contributed by atoms with Gasteiger partial charge in [0.15, 0.2) is 0 Å². The fourth-order valence-corrected chi connectivity index (χ4v) is 3.10. The third-order valence-electron chi connectivity index (χ3n) is 4.42. The monoisotopic (exact) mass is 439 g/mol. The quantitative estimate of drug-likeness (QED) is 0.435. The SMILES string of the molecule is COc1cc(Nc2nc(Oc3ccccc3Cl)n(C(C)C)n2)ccc1-n1cnc(C)n1. The standard InChI is InChI=1S/C21H22ClN7O2/c1-13(2)29-21(31-18-8-6-5-7-16(18)22)25-20(27-29)24-15-9-10-17(19(11-15)30-4)28-12-23-14(3)26-28/h5-13H,1-4H3,(H,24,27). The van der Waals surface area contributed by atoms with Crippen LogP contribution in [0.1, 0.15) is 25.7 Å². The maximum Gasteiger partial charge on any atom is 0.322 e. The van der Waals surface area contributed by atoms with Crippen LogP contribution >= 0.6 is 11.6 Å². The number of ether oxygens (including phenoxy) is 2. The van der Waals surface area contributed by atoms with Gasteiger partial charge in [0.1, 0.15) is 29.3 Å². The lowest BCUT2D eigenvalue weighted by molar-refractivity contribution is 0.376. The molecule has 0 fully saturated rings. The zero-order valence-electron chi connectivity index (χ0n) is 17.6. The number of nitrogens with zero attached hydrogens (tertiary/aromatic N) is 6. The third-order valence-corrected chi connectivity index (χ3v) is 4.73. The molecule has 9 nitrogen and oxygen atoms in total. The van der Waals surface area contributed by atoms with Gasteiger partial charge in [0.25, 0.3) is 0 Å². The summed E-state index contributed by atoms with van der Waals surface area (Å²) in [5.41, 5.74) is 1.53. The van der Waals surface area contributed by atoms with Crippen LogP contribution in [0, 0.1) is 6.92 Å². The Kier molecular flexibility index (Phi) is 5.77. The highest BCUT2D eigenvalue weighted by atomic mass is 35.5. The van der Waals surface area contributed by atoms with Crippen LogP contribution in [0.15, 0.2) is 48.8 Å². The molecule has 0 aliphatic rings. The lowest BCUT2D eigenvalue weighted by Crippen LogP contribution is -2.05. The van der Waals surface area contributed by atoms with Gasteiger partial charge in [0.2, 0.25) is 5.95 Å². The number of aryl methyl sites for hydroxylation is 1. The summed E-state index contributed by atoms with van der Waals surface area (Å²) in [7, 11) is 1.60. The minimum absolute atomic E-state index is 0.0352. The molecule has 160 valence electrons. The summed E-state index contributed by atoms with van der Waals surface area (Å²) in [6.45, 7) is 5.82. The smallest absolute Gasteiger partial charge is 0.322 e. The Balaban J connectivity index is 1.61. The van der Waals surface area contributed by atoms with Gasteiger partial charge in [0.05, 0.1) is 18.2 Å². The van der Waals surface area contributed by atoms with E-state index in [2.05, 4.69) is 25.5 Å². The summed E-state index contributed by atoms with van der Waals surface area (Å²) in [6.07, 6.45) is 1.64. The van der Waals surface area contributed by atoms with Gasteiger partial charge in [-0.1, -0.05) is 23.7 Å². The molecule has 0 saturated carbocycles. The summed E-state index contributed by atoms with van der Waals surface area (Å²) < 4.78 is 14.8. The van der Waals surface area contributed by atoms with Gasteiger partial charge >= 0.3 is 6.01 Å². The van der Waals surface area contributed by atoms with Crippen LogP contribution in [-0.2, 0) is 0 Å². The molecular formula is C21H22ClN7O2. The van der Waals surface area contributed by atoms with Crippen molar-refractivity contribution in [2.75, 3.05) is 12.4 Å². The van der Waals surface area contributed by atoms with Gasteiger partial charge in [-0.25, -0.2) is 14.3 Å². The molecule has 0 radical (unpaired) electrons. The summed E-state index contributed by atoms with van der Waals surface area (Å²) in [5.74, 6) is 2.21. The molecule has 4 rings (SSSR count). The number of aromatic nitrogens is 6. The molecule has 31 heavy (non-hydrogen) atoms. The average molecular weight is 440 g/mol. The van der Waals surface area contributed by atoms with E-state index in [0.29, 0.717) is 34.3 Å². The number of methoxy groups -OCH3 is 1. The number of hydrogen-bond donors (Lipinski definition) is 1. The number of rotatable bonds is 7. The Hall–Kier alpha value is -3.59. The van der Waals surface area contributed by atoms with Gasteiger partial charge < -0.3 is 14.8 Å². The van der Waals surface area contributed by atoms with Crippen molar-refractivity contribution in [1.82, 2.24) is 29.5 Å². The van der Waals surface area contributed by atoms with E-state index in [9.17, 15) is 0 Å². The van der Waals surface area contributed by atoms with E-state index >= 15 is 0 Å². The Morgan fingerprint density at radius 1 is 1.06 bits per heavy atom. The second kappa shape index (κ2) is 8.65. The van der Waals surface area contributed by atoms with Crippen molar-refractivity contribution in [3.8, 4) is 23.2 Å². The predicted molar refractivity (Wildman–Crippen MR) is 118 cm³/mol. The first-order valence-corrected chi connectivity index (χ1v) is 10.0. The molecule has 0 atom stereocenters. The first kappa shape index (κ1) is 20.7. The van der Waals surface area contributed by atoms with Crippen LogP contribution in [0.2, 0.25) is 5.02 Å². The van der Waals surface area contributed by atoms with Crippen LogP contribution in [-0.4, -0.2) is 36.6 Å². The van der Waals surface area contributed by atoms with E-state index in [1.54, 1.807) is 34.9 Å². The van der Waals surface area contributed by atoms with Gasteiger partial charge in [-0.2, -0.15) is 10.1 Å². The largest absolute Gasteiger partial charge is 0.494 e. The molecule has 2 aromatic carbocycles. The first-order chi connectivity index (χ1) is 14.9. The number of para-hydroxylation sites is 1. The highest BCUT2D eigenvalue weighted by molar-refractivity contribution is 6.32. The van der Waals surface area contributed by atoms with Crippen LogP contribution in [0.4, 0.5) is 11.6 Å². The second-order valence-electron chi connectivity index (χ2n) is 7.04. The van der Waals surface area contributed by atoms with Crippen molar-refractivity contribution < 1.29 is 9.47 Å². The van der Waals surface area contributed by atoms with Crippen molar-refractivity contribution in [1.29, 1.82) is 0 Å². The zero-order valence-corrected chi connectivity index (χ0v) is 18.3. The molecule has 2 heterocycles. The topological polar surface area (TPSA) is 91.9 Å². The molecule has 0 unspecified atom stereocenters. The van der Waals surface area contributed by atoms with Crippen LogP contribution in [0.3, 0.4) is 0 Å². The van der Waals surface area contributed by atoms with E-state index in [0.717, 1.165) is 11.4 Å². The summed E-state index contributed by atoms with van der Waals surface area (Å²) in [5, 5.41) is 12.6. The highest BCUT2D eigenvalue weighted by Crippen LogP contribution is 2.31. The molecular weight excluding hydrogens is 418 g/mol. The van der Waals surface area contributed by atoms with E-state index in [1.165, 1.54) is 0 Å². The van der Waals surface area contributed by atoms with Crippen LogP contribution in [0.5, 0.6) is 17.5 Å². The van der Waals surface area contributed by atoms with E-state index < -0.39 is 0 Å². The zero-order chi connectivity index (χ0) is 22.0. The van der Waals surface area contributed by atoms with Crippen molar-refractivity contribution in [3.05, 3.63) is 59.6 Å². The first-order valence-electron chi connectivity index (χ1n) is 9.67. The predicted octanol–water partition coefficient (Wildman–Crippen LogP) is 4.95. The van der Waals surface area contributed by atoms with E-state index in [1.807, 2.05) is 51.1 Å². The normalized spacial score (nSPS) is 11.0. The molecule has 2 aromatic heterocycles. The molecule has 0 aliphatic heterocycles. The molecule has 0 bridgehead atoms. The third kappa shape index (κ3) is 4.46. The molecule has 4 aromatic rings. The molecule has 0 amide bonds. The van der Waals surface area contributed by atoms with E-state index in [-0.39, 0.29) is 6.04 Å². The molecule has 0 saturated heterocycles. The number of anilines is 2. The maximum absolute atomic E-state index is 6.22. The van der Waals surface area contributed by atoms with E-state index in [4.69, 9.17) is 21.1 Å². The minimum atomic E-state index is 0.0352. The summed E-state index contributed by atoms with van der Waals surface area (Å²) >= 11 is 6.22. The van der Waals surface area contributed by atoms with Crippen molar-refractivity contribution in [2.24, 2.45) is 0 Å². The maximum atomic E-state index is 6.22. The Morgan fingerprint density at radius 3 is 2.55 bits per heavy atom. The molecule has 0 spiro atoms. The van der Waals surface area contributed by atoms with Crippen molar-refractivity contribution in [2.45, 2.75) is 26.8 Å². The molecule has 0 aliphatic carbocycles. The number of hydrogen-bond acceptors (Lipinski definition) is 7. The van der Waals surface area contributed by atoms with Gasteiger partial charge in [-0.15, -0.1) is 5.10 Å². The lowest BCUT2D eigenvalue weighted by Gasteiger charge is -2.10. The Morgan fingerprint density at radius 2 is 1.87 bits per heavy atom. The minimum Gasteiger partial charge on any atom is -0.494 e. The fraction of sp³-hybridized carbons (Fsp3) is 0.238.